The van der Waals surface area contributed by atoms with Crippen molar-refractivity contribution in [3.8, 4) is 0 Å². The van der Waals surface area contributed by atoms with E-state index in [4.69, 9.17) is 5.11 Å². The van der Waals surface area contributed by atoms with Crippen molar-refractivity contribution >= 4 is 11.7 Å². The Bertz CT molecular complexity index is 630. The normalized spacial score (nSPS) is 21.0. The zero-order valence-electron chi connectivity index (χ0n) is 13.2. The number of rotatable bonds is 5. The molecule has 0 saturated carbocycles. The third kappa shape index (κ3) is 4.29. The van der Waals surface area contributed by atoms with E-state index in [9.17, 15) is 14.9 Å². The second-order valence-corrected chi connectivity index (χ2v) is 5.81. The molecule has 0 spiro atoms. The first-order valence-corrected chi connectivity index (χ1v) is 7.52. The molecule has 3 atom stereocenters. The summed E-state index contributed by atoms with van der Waals surface area (Å²) in [5.41, 5.74) is 1.30. The number of carbonyl (C=O) groups is 1. The predicted octanol–water partition coefficient (Wildman–Crippen LogP) is 2.20. The molecule has 7 nitrogen and oxygen atoms in total. The van der Waals surface area contributed by atoms with E-state index >= 15 is 0 Å². The van der Waals surface area contributed by atoms with Crippen LogP contribution in [0.25, 0.3) is 0 Å². The van der Waals surface area contributed by atoms with Crippen molar-refractivity contribution in [3.63, 3.8) is 0 Å². The number of nitrogens with zero attached hydrogens (tertiary/aromatic N) is 1. The van der Waals surface area contributed by atoms with Gasteiger partial charge in [0.25, 0.3) is 5.69 Å². The van der Waals surface area contributed by atoms with E-state index in [1.807, 2.05) is 12.2 Å². The van der Waals surface area contributed by atoms with Gasteiger partial charge >= 0.3 is 6.03 Å². The first-order chi connectivity index (χ1) is 10.9. The van der Waals surface area contributed by atoms with Crippen LogP contribution in [-0.2, 0) is 0 Å². The molecule has 7 heteroatoms. The minimum absolute atomic E-state index is 0.0427. The third-order valence-corrected chi connectivity index (χ3v) is 4.00. The first-order valence-electron chi connectivity index (χ1n) is 7.52. The van der Waals surface area contributed by atoms with Gasteiger partial charge in [-0.05, 0) is 25.8 Å². The molecule has 0 aliphatic heterocycles. The summed E-state index contributed by atoms with van der Waals surface area (Å²) in [5.74, 6) is 0.0810. The zero-order valence-corrected chi connectivity index (χ0v) is 13.2. The van der Waals surface area contributed by atoms with E-state index < -0.39 is 4.92 Å². The van der Waals surface area contributed by atoms with Crippen LogP contribution in [0, 0.1) is 23.0 Å². The lowest BCUT2D eigenvalue weighted by Crippen LogP contribution is -2.41. The van der Waals surface area contributed by atoms with Gasteiger partial charge in [0.1, 0.15) is 0 Å². The average molecular weight is 319 g/mol. The fraction of sp³-hybridized carbons (Fsp3) is 0.438. The molecule has 0 saturated heterocycles. The van der Waals surface area contributed by atoms with Gasteiger partial charge in [0, 0.05) is 30.2 Å². The van der Waals surface area contributed by atoms with Crippen molar-refractivity contribution in [1.82, 2.24) is 10.6 Å². The van der Waals surface area contributed by atoms with Gasteiger partial charge < -0.3 is 15.7 Å². The molecule has 1 aliphatic rings. The second kappa shape index (κ2) is 7.23. The number of aliphatic hydroxyl groups excluding tert-OH is 1. The van der Waals surface area contributed by atoms with Crippen molar-refractivity contribution in [2.75, 3.05) is 6.61 Å². The lowest BCUT2D eigenvalue weighted by atomic mass is 10.0. The summed E-state index contributed by atoms with van der Waals surface area (Å²) >= 11 is 0. The van der Waals surface area contributed by atoms with Crippen LogP contribution in [0.1, 0.15) is 30.5 Å². The van der Waals surface area contributed by atoms with Crippen LogP contribution in [0.15, 0.2) is 30.4 Å². The van der Waals surface area contributed by atoms with Gasteiger partial charge in [0.05, 0.1) is 11.0 Å². The lowest BCUT2D eigenvalue weighted by Gasteiger charge is -2.18. The van der Waals surface area contributed by atoms with Crippen LogP contribution < -0.4 is 10.6 Å². The Morgan fingerprint density at radius 3 is 2.83 bits per heavy atom. The molecule has 1 aromatic carbocycles. The SMILES string of the molecule is Cc1ccc(C(C)NC(=O)N[C@@H]2C=C[C@H](CO)C2)cc1[N+](=O)[O-]. The maximum absolute atomic E-state index is 12.0. The standard InChI is InChI=1S/C16H21N3O4/c1-10-3-5-13(8-15(10)19(22)23)11(2)17-16(21)18-14-6-4-12(7-14)9-20/h3-6,8,11-12,14,20H,7,9H2,1-2H3,(H2,17,18,21)/t11?,12-,14+/m0/s1. The van der Waals surface area contributed by atoms with Crippen LogP contribution in [-0.4, -0.2) is 28.7 Å². The van der Waals surface area contributed by atoms with Gasteiger partial charge in [-0.25, -0.2) is 4.79 Å². The average Bonchev–Trinajstić information content (AvgIpc) is 2.94. The van der Waals surface area contributed by atoms with Gasteiger partial charge in [0.2, 0.25) is 0 Å². The van der Waals surface area contributed by atoms with Crippen LogP contribution in [0.3, 0.4) is 0 Å². The van der Waals surface area contributed by atoms with E-state index in [2.05, 4.69) is 10.6 Å². The Morgan fingerprint density at radius 2 is 2.22 bits per heavy atom. The number of aryl methyl sites for hydroxylation is 1. The van der Waals surface area contributed by atoms with E-state index in [1.54, 1.807) is 26.0 Å². The molecular formula is C16H21N3O4. The monoisotopic (exact) mass is 319 g/mol. The Hall–Kier alpha value is -2.41. The molecular weight excluding hydrogens is 298 g/mol. The molecule has 2 rings (SSSR count). The molecule has 2 amide bonds. The topological polar surface area (TPSA) is 104 Å². The molecule has 1 aromatic rings. The highest BCUT2D eigenvalue weighted by molar-refractivity contribution is 5.75. The Kier molecular flexibility index (Phi) is 5.33. The Labute approximate surface area is 134 Å². The maximum Gasteiger partial charge on any atom is 0.315 e. The molecule has 0 heterocycles. The summed E-state index contributed by atoms with van der Waals surface area (Å²) in [6, 6.07) is 4.13. The summed E-state index contributed by atoms with van der Waals surface area (Å²) in [4.78, 5) is 22.6. The maximum atomic E-state index is 12.0. The minimum Gasteiger partial charge on any atom is -0.396 e. The summed E-state index contributed by atoms with van der Waals surface area (Å²) in [7, 11) is 0. The van der Waals surface area contributed by atoms with Crippen molar-refractivity contribution < 1.29 is 14.8 Å². The number of urea groups is 1. The van der Waals surface area contributed by atoms with Gasteiger partial charge in [-0.1, -0.05) is 24.3 Å². The van der Waals surface area contributed by atoms with E-state index in [0.717, 1.165) is 0 Å². The minimum atomic E-state index is -0.427. The molecule has 0 radical (unpaired) electrons. The fourth-order valence-corrected chi connectivity index (χ4v) is 2.60. The molecule has 3 N–H and O–H groups in total. The smallest absolute Gasteiger partial charge is 0.315 e. The number of nitro benzene ring substituents is 1. The second-order valence-electron chi connectivity index (χ2n) is 5.81. The fourth-order valence-electron chi connectivity index (χ4n) is 2.60. The van der Waals surface area contributed by atoms with Crippen molar-refractivity contribution in [1.29, 1.82) is 0 Å². The first kappa shape index (κ1) is 17.0. The van der Waals surface area contributed by atoms with Gasteiger partial charge in [0.15, 0.2) is 0 Å². The number of hydrogen-bond donors (Lipinski definition) is 3. The van der Waals surface area contributed by atoms with Crippen LogP contribution >= 0.6 is 0 Å². The van der Waals surface area contributed by atoms with E-state index in [-0.39, 0.29) is 36.3 Å². The van der Waals surface area contributed by atoms with Gasteiger partial charge in [-0.15, -0.1) is 0 Å². The molecule has 0 aromatic heterocycles. The summed E-state index contributed by atoms with van der Waals surface area (Å²) in [6.07, 6.45) is 4.42. The summed E-state index contributed by atoms with van der Waals surface area (Å²) in [6.45, 7) is 3.52. The van der Waals surface area contributed by atoms with Crippen LogP contribution in [0.4, 0.5) is 10.5 Å². The van der Waals surface area contributed by atoms with Crippen LogP contribution in [0.5, 0.6) is 0 Å². The number of aliphatic hydroxyl groups is 1. The molecule has 23 heavy (non-hydrogen) atoms. The predicted molar refractivity (Wildman–Crippen MR) is 86.0 cm³/mol. The number of nitro groups is 1. The van der Waals surface area contributed by atoms with E-state index in [0.29, 0.717) is 17.5 Å². The van der Waals surface area contributed by atoms with Gasteiger partial charge in [-0.2, -0.15) is 0 Å². The molecule has 1 unspecified atom stereocenters. The third-order valence-electron chi connectivity index (χ3n) is 4.00. The van der Waals surface area contributed by atoms with Crippen LogP contribution in [0.2, 0.25) is 0 Å². The molecule has 124 valence electrons. The summed E-state index contributed by atoms with van der Waals surface area (Å²) < 4.78 is 0. The molecule has 0 bridgehead atoms. The summed E-state index contributed by atoms with van der Waals surface area (Å²) in [5, 5.41) is 25.6. The van der Waals surface area contributed by atoms with Gasteiger partial charge in [-0.3, -0.25) is 10.1 Å². The zero-order chi connectivity index (χ0) is 17.0. The Balaban J connectivity index is 1.95. The highest BCUT2D eigenvalue weighted by Gasteiger charge is 2.21. The van der Waals surface area contributed by atoms with Crippen molar-refractivity contribution in [2.45, 2.75) is 32.4 Å². The highest BCUT2D eigenvalue weighted by Crippen LogP contribution is 2.23. The lowest BCUT2D eigenvalue weighted by molar-refractivity contribution is -0.385. The largest absolute Gasteiger partial charge is 0.396 e. The molecule has 1 aliphatic carbocycles. The quantitative estimate of drug-likeness (QED) is 0.439. The highest BCUT2D eigenvalue weighted by atomic mass is 16.6. The van der Waals surface area contributed by atoms with E-state index in [1.165, 1.54) is 6.07 Å². The molecule has 0 fully saturated rings. The number of carbonyl (C=O) groups excluding carboxylic acids is 1. The number of amides is 2. The Morgan fingerprint density at radius 1 is 1.48 bits per heavy atom. The van der Waals surface area contributed by atoms with Crippen molar-refractivity contribution in [2.24, 2.45) is 5.92 Å². The number of nitrogens with one attached hydrogen (secondary N) is 2. The van der Waals surface area contributed by atoms with Crippen molar-refractivity contribution in [3.05, 3.63) is 51.6 Å². The number of hydrogen-bond acceptors (Lipinski definition) is 4. The number of benzene rings is 1.